The average Bonchev–Trinajstić information content (AvgIpc) is 3.56. The Hall–Kier alpha value is -7.10. The Morgan fingerprint density at radius 3 is 1.87 bits per heavy atom. The molecule has 0 bridgehead atoms. The van der Waals surface area contributed by atoms with E-state index in [2.05, 4.69) is 215 Å². The molecule has 0 amide bonds. The second-order valence-corrected chi connectivity index (χ2v) is 13.8. The summed E-state index contributed by atoms with van der Waals surface area (Å²) in [5.41, 5.74) is 12.9. The van der Waals surface area contributed by atoms with E-state index in [-0.39, 0.29) is 0 Å². The second-order valence-electron chi connectivity index (χ2n) is 13.8. The first-order valence-electron chi connectivity index (χ1n) is 18.2. The van der Waals surface area contributed by atoms with Crippen molar-refractivity contribution in [3.8, 4) is 16.8 Å². The fraction of sp³-hybridized carbons (Fsp3) is 0. The van der Waals surface area contributed by atoms with Gasteiger partial charge >= 0.3 is 0 Å². The minimum atomic E-state index is 1.09. The highest BCUT2D eigenvalue weighted by Crippen LogP contribution is 2.51. The molecule has 1 aliphatic heterocycles. The Morgan fingerprint density at radius 1 is 0.358 bits per heavy atom. The van der Waals surface area contributed by atoms with Gasteiger partial charge in [-0.15, -0.1) is 0 Å². The molecule has 0 aliphatic carbocycles. The predicted molar refractivity (Wildman–Crippen MR) is 224 cm³/mol. The van der Waals surface area contributed by atoms with Gasteiger partial charge in [-0.3, -0.25) is 0 Å². The summed E-state index contributed by atoms with van der Waals surface area (Å²) in [6.07, 6.45) is 0. The molecule has 53 heavy (non-hydrogen) atoms. The van der Waals surface area contributed by atoms with E-state index in [4.69, 9.17) is 0 Å². The Balaban J connectivity index is 1.12. The monoisotopic (exact) mass is 675 g/mol. The highest BCUT2D eigenvalue weighted by Gasteiger charge is 2.26. The van der Waals surface area contributed by atoms with Crippen LogP contribution >= 0.6 is 0 Å². The maximum Gasteiger partial charge on any atom is 0.0561 e. The maximum atomic E-state index is 2.42. The van der Waals surface area contributed by atoms with Gasteiger partial charge < -0.3 is 14.4 Å². The van der Waals surface area contributed by atoms with Crippen LogP contribution in [0.5, 0.6) is 0 Å². The summed E-state index contributed by atoms with van der Waals surface area (Å²) in [5, 5.41) is 7.44. The third-order valence-electron chi connectivity index (χ3n) is 10.9. The van der Waals surface area contributed by atoms with Crippen LogP contribution in [0.3, 0.4) is 0 Å². The lowest BCUT2D eigenvalue weighted by Crippen LogP contribution is -2.15. The summed E-state index contributed by atoms with van der Waals surface area (Å²) < 4.78 is 2.39. The SMILES string of the molecule is c1ccc(-n2c3ccccc3c3ccc(N(c4ccc(N5c6ccccc6-c6cccc7cccc5c67)cc4)c4cccc5ccccc45)cc32)cc1. The van der Waals surface area contributed by atoms with E-state index in [0.717, 1.165) is 28.4 Å². The molecule has 3 heteroatoms. The van der Waals surface area contributed by atoms with Crippen molar-refractivity contribution < 1.29 is 0 Å². The Labute approximate surface area is 307 Å². The number of nitrogens with zero attached hydrogens (tertiary/aromatic N) is 3. The van der Waals surface area contributed by atoms with E-state index in [1.807, 2.05) is 0 Å². The zero-order valence-electron chi connectivity index (χ0n) is 28.9. The van der Waals surface area contributed by atoms with Crippen molar-refractivity contribution in [3.05, 3.63) is 200 Å². The van der Waals surface area contributed by atoms with Crippen LogP contribution in [0.4, 0.5) is 34.1 Å². The number of para-hydroxylation sites is 3. The van der Waals surface area contributed by atoms with Crippen LogP contribution in [0.1, 0.15) is 0 Å². The summed E-state index contributed by atoms with van der Waals surface area (Å²) in [5.74, 6) is 0. The molecule has 0 fully saturated rings. The summed E-state index contributed by atoms with van der Waals surface area (Å²) in [4.78, 5) is 4.83. The lowest BCUT2D eigenvalue weighted by Gasteiger charge is -2.34. The van der Waals surface area contributed by atoms with E-state index >= 15 is 0 Å². The van der Waals surface area contributed by atoms with E-state index in [0.29, 0.717) is 0 Å². The first-order chi connectivity index (χ1) is 26.3. The molecule has 0 saturated heterocycles. The first kappa shape index (κ1) is 29.6. The standard InChI is InChI=1S/C50H33N3/c1-2-17-36(18-3-1)53-46-23-8-6-20-41(46)43-32-31-39(33-49(43)53)51(45-25-11-14-34-13-4-5-19-40(34)45)37-27-29-38(30-28-37)52-47-24-9-7-21-42(47)44-22-10-15-35-16-12-26-48(52)50(35)44/h1-33H. The van der Waals surface area contributed by atoms with Gasteiger partial charge in [0.1, 0.15) is 0 Å². The topological polar surface area (TPSA) is 11.4 Å². The first-order valence-corrected chi connectivity index (χ1v) is 18.2. The van der Waals surface area contributed by atoms with E-state index in [1.165, 1.54) is 65.9 Å². The fourth-order valence-electron chi connectivity index (χ4n) is 8.57. The smallest absolute Gasteiger partial charge is 0.0561 e. The molecule has 9 aromatic carbocycles. The number of anilines is 6. The van der Waals surface area contributed by atoms with Crippen LogP contribution in [0.2, 0.25) is 0 Å². The molecule has 0 unspecified atom stereocenters. The molecule has 0 radical (unpaired) electrons. The largest absolute Gasteiger partial charge is 0.310 e. The number of hydrogen-bond acceptors (Lipinski definition) is 2. The van der Waals surface area contributed by atoms with Crippen molar-refractivity contribution in [1.29, 1.82) is 0 Å². The minimum Gasteiger partial charge on any atom is -0.310 e. The van der Waals surface area contributed by atoms with Gasteiger partial charge in [-0.2, -0.15) is 0 Å². The molecule has 1 aromatic heterocycles. The number of aromatic nitrogens is 1. The zero-order chi connectivity index (χ0) is 34.9. The number of fused-ring (bicyclic) bond motifs is 6. The second kappa shape index (κ2) is 11.7. The molecule has 248 valence electrons. The molecular formula is C50H33N3. The van der Waals surface area contributed by atoms with Gasteiger partial charge in [0, 0.05) is 49.9 Å². The van der Waals surface area contributed by atoms with Gasteiger partial charge in [-0.1, -0.05) is 127 Å². The van der Waals surface area contributed by atoms with Crippen molar-refractivity contribution in [2.75, 3.05) is 9.80 Å². The number of rotatable bonds is 5. The molecule has 2 heterocycles. The molecule has 1 aliphatic rings. The maximum absolute atomic E-state index is 2.42. The normalized spacial score (nSPS) is 12.1. The summed E-state index contributed by atoms with van der Waals surface area (Å²) in [6.45, 7) is 0. The van der Waals surface area contributed by atoms with Crippen molar-refractivity contribution in [2.24, 2.45) is 0 Å². The quantitative estimate of drug-likeness (QED) is 0.180. The predicted octanol–water partition coefficient (Wildman–Crippen LogP) is 14.0. The van der Waals surface area contributed by atoms with Gasteiger partial charge in [-0.25, -0.2) is 0 Å². The van der Waals surface area contributed by atoms with Crippen LogP contribution in [0.25, 0.3) is 60.2 Å². The highest BCUT2D eigenvalue weighted by atomic mass is 15.2. The molecule has 0 atom stereocenters. The molecule has 11 rings (SSSR count). The van der Waals surface area contributed by atoms with Gasteiger partial charge in [0.25, 0.3) is 0 Å². The Morgan fingerprint density at radius 2 is 0.981 bits per heavy atom. The molecule has 0 spiro atoms. The van der Waals surface area contributed by atoms with E-state index in [1.54, 1.807) is 0 Å². The van der Waals surface area contributed by atoms with E-state index in [9.17, 15) is 0 Å². The lowest BCUT2D eigenvalue weighted by atomic mass is 9.91. The summed E-state index contributed by atoms with van der Waals surface area (Å²) >= 11 is 0. The zero-order valence-corrected chi connectivity index (χ0v) is 28.9. The van der Waals surface area contributed by atoms with Gasteiger partial charge in [0.05, 0.1) is 28.1 Å². The van der Waals surface area contributed by atoms with Crippen LogP contribution in [-0.4, -0.2) is 4.57 Å². The van der Waals surface area contributed by atoms with Crippen molar-refractivity contribution in [1.82, 2.24) is 4.57 Å². The van der Waals surface area contributed by atoms with E-state index < -0.39 is 0 Å². The molecule has 3 nitrogen and oxygen atoms in total. The van der Waals surface area contributed by atoms with Crippen LogP contribution in [-0.2, 0) is 0 Å². The molecule has 0 saturated carbocycles. The summed E-state index contributed by atoms with van der Waals surface area (Å²) in [6, 6.07) is 72.8. The van der Waals surface area contributed by atoms with Gasteiger partial charge in [0.2, 0.25) is 0 Å². The van der Waals surface area contributed by atoms with Crippen LogP contribution in [0.15, 0.2) is 200 Å². The average molecular weight is 676 g/mol. The van der Waals surface area contributed by atoms with Crippen LogP contribution < -0.4 is 9.80 Å². The van der Waals surface area contributed by atoms with Gasteiger partial charge in [-0.05, 0) is 89.1 Å². The number of hydrogen-bond donors (Lipinski definition) is 0. The van der Waals surface area contributed by atoms with Crippen molar-refractivity contribution >= 4 is 77.5 Å². The van der Waals surface area contributed by atoms with Crippen molar-refractivity contribution in [3.63, 3.8) is 0 Å². The Bertz CT molecular complexity index is 3000. The minimum absolute atomic E-state index is 1.09. The fourth-order valence-corrected chi connectivity index (χ4v) is 8.57. The third-order valence-corrected chi connectivity index (χ3v) is 10.9. The van der Waals surface area contributed by atoms with Gasteiger partial charge in [0.15, 0.2) is 0 Å². The Kier molecular flexibility index (Phi) is 6.55. The molecule has 0 N–H and O–H groups in total. The summed E-state index contributed by atoms with van der Waals surface area (Å²) in [7, 11) is 0. The van der Waals surface area contributed by atoms with Crippen molar-refractivity contribution in [2.45, 2.75) is 0 Å². The highest BCUT2D eigenvalue weighted by molar-refractivity contribution is 6.14. The van der Waals surface area contributed by atoms with Crippen LogP contribution in [0, 0.1) is 0 Å². The number of benzene rings is 9. The third kappa shape index (κ3) is 4.54. The lowest BCUT2D eigenvalue weighted by molar-refractivity contribution is 1.18. The molecule has 10 aromatic rings. The molecular weight excluding hydrogens is 643 g/mol.